The summed E-state index contributed by atoms with van der Waals surface area (Å²) in [6.07, 6.45) is 0.570. The average Bonchev–Trinajstić information content (AvgIpc) is 2.61. The minimum Gasteiger partial charge on any atom is -0.504 e. The summed E-state index contributed by atoms with van der Waals surface area (Å²) in [4.78, 5) is 11.3. The average molecular weight is 408 g/mol. The van der Waals surface area contributed by atoms with E-state index in [9.17, 15) is 9.90 Å². The molecule has 0 bridgehead atoms. The highest BCUT2D eigenvalue weighted by atomic mass is 35.5. The summed E-state index contributed by atoms with van der Waals surface area (Å²) in [5.74, 6) is -0.0264. The molecule has 26 heavy (non-hydrogen) atoms. The van der Waals surface area contributed by atoms with Crippen LogP contribution in [0.15, 0.2) is 54.6 Å². The van der Waals surface area contributed by atoms with Gasteiger partial charge in [-0.3, -0.25) is 4.79 Å². The third kappa shape index (κ3) is 4.31. The van der Waals surface area contributed by atoms with Crippen molar-refractivity contribution in [3.05, 3.63) is 80.8 Å². The fourth-order valence-electron chi connectivity index (χ4n) is 2.46. The first-order valence-corrected chi connectivity index (χ1v) is 8.75. The molecule has 0 amide bonds. The summed E-state index contributed by atoms with van der Waals surface area (Å²) in [6.45, 7) is 0.211. The van der Waals surface area contributed by atoms with Crippen LogP contribution in [-0.4, -0.2) is 11.4 Å². The van der Waals surface area contributed by atoms with Crippen molar-refractivity contribution in [1.82, 2.24) is 0 Å². The Morgan fingerprint density at radius 1 is 0.846 bits per heavy atom. The lowest BCUT2D eigenvalue weighted by Crippen LogP contribution is -1.97. The number of halogens is 3. The number of carbonyl (C=O) groups excluding carboxylic acids is 1. The number of hydrogen-bond acceptors (Lipinski definition) is 3. The molecule has 3 aromatic carbocycles. The summed E-state index contributed by atoms with van der Waals surface area (Å²) in [6, 6.07) is 15.4. The predicted molar refractivity (Wildman–Crippen MR) is 105 cm³/mol. The summed E-state index contributed by atoms with van der Waals surface area (Å²) >= 11 is 18.0. The standard InChI is InChI=1S/C20H13Cl3O3/c21-16-3-1-12(2-4-16)11-26-19-8-13(5-15(10-24)20(19)25)14-6-17(22)9-18(23)7-14/h1-10,25H,11H2. The van der Waals surface area contributed by atoms with Crippen molar-refractivity contribution >= 4 is 41.1 Å². The van der Waals surface area contributed by atoms with Gasteiger partial charge in [0.05, 0.1) is 5.56 Å². The summed E-state index contributed by atoms with van der Waals surface area (Å²) in [5.41, 5.74) is 2.35. The van der Waals surface area contributed by atoms with Gasteiger partial charge in [-0.25, -0.2) is 0 Å². The minimum absolute atomic E-state index is 0.115. The zero-order valence-electron chi connectivity index (χ0n) is 13.4. The maximum atomic E-state index is 11.3. The number of aromatic hydroxyl groups is 1. The van der Waals surface area contributed by atoms with Gasteiger partial charge < -0.3 is 9.84 Å². The van der Waals surface area contributed by atoms with E-state index in [0.717, 1.165) is 5.56 Å². The molecule has 0 unspecified atom stereocenters. The zero-order valence-corrected chi connectivity index (χ0v) is 15.6. The summed E-state index contributed by atoms with van der Waals surface area (Å²) < 4.78 is 5.71. The molecule has 0 aliphatic heterocycles. The highest BCUT2D eigenvalue weighted by Gasteiger charge is 2.13. The van der Waals surface area contributed by atoms with Gasteiger partial charge in [0.15, 0.2) is 17.8 Å². The van der Waals surface area contributed by atoms with Crippen LogP contribution in [-0.2, 0) is 6.61 Å². The van der Waals surface area contributed by atoms with Gasteiger partial charge in [0, 0.05) is 15.1 Å². The number of hydrogen-bond donors (Lipinski definition) is 1. The van der Waals surface area contributed by atoms with Crippen molar-refractivity contribution in [2.45, 2.75) is 6.61 Å². The van der Waals surface area contributed by atoms with Crippen LogP contribution in [0.3, 0.4) is 0 Å². The van der Waals surface area contributed by atoms with Gasteiger partial charge in [-0.1, -0.05) is 46.9 Å². The van der Waals surface area contributed by atoms with E-state index in [1.165, 1.54) is 0 Å². The molecule has 0 aromatic heterocycles. The van der Waals surface area contributed by atoms with Gasteiger partial charge in [0.1, 0.15) is 6.61 Å². The van der Waals surface area contributed by atoms with E-state index in [4.69, 9.17) is 39.5 Å². The van der Waals surface area contributed by atoms with Crippen LogP contribution < -0.4 is 4.74 Å². The largest absolute Gasteiger partial charge is 0.504 e. The van der Waals surface area contributed by atoms with Gasteiger partial charge in [-0.05, 0) is 59.2 Å². The van der Waals surface area contributed by atoms with E-state index in [0.29, 0.717) is 32.5 Å². The second kappa shape index (κ2) is 8.00. The number of ether oxygens (including phenoxy) is 1. The third-order valence-electron chi connectivity index (χ3n) is 3.73. The first-order valence-electron chi connectivity index (χ1n) is 7.62. The molecule has 132 valence electrons. The Kier molecular flexibility index (Phi) is 5.72. The van der Waals surface area contributed by atoms with E-state index >= 15 is 0 Å². The van der Waals surface area contributed by atoms with Crippen molar-refractivity contribution in [3.63, 3.8) is 0 Å². The fraction of sp³-hybridized carbons (Fsp3) is 0.0500. The fourth-order valence-corrected chi connectivity index (χ4v) is 3.11. The lowest BCUT2D eigenvalue weighted by Gasteiger charge is -2.13. The molecular weight excluding hydrogens is 395 g/mol. The molecule has 0 aliphatic carbocycles. The molecule has 0 saturated carbocycles. The Morgan fingerprint density at radius 3 is 2.08 bits per heavy atom. The van der Waals surface area contributed by atoms with Gasteiger partial charge in [-0.15, -0.1) is 0 Å². The van der Waals surface area contributed by atoms with Crippen LogP contribution in [0.4, 0.5) is 0 Å². The number of phenols is 1. The SMILES string of the molecule is O=Cc1cc(-c2cc(Cl)cc(Cl)c2)cc(OCc2ccc(Cl)cc2)c1O. The summed E-state index contributed by atoms with van der Waals surface area (Å²) in [7, 11) is 0. The molecular formula is C20H13Cl3O3. The predicted octanol–water partition coefficient (Wildman–Crippen LogP) is 6.41. The first-order chi connectivity index (χ1) is 12.5. The van der Waals surface area contributed by atoms with E-state index in [1.807, 2.05) is 12.1 Å². The monoisotopic (exact) mass is 406 g/mol. The van der Waals surface area contributed by atoms with Gasteiger partial charge >= 0.3 is 0 Å². The van der Waals surface area contributed by atoms with Crippen molar-refractivity contribution in [2.75, 3.05) is 0 Å². The van der Waals surface area contributed by atoms with Crippen molar-refractivity contribution < 1.29 is 14.6 Å². The van der Waals surface area contributed by atoms with Gasteiger partial charge in [-0.2, -0.15) is 0 Å². The molecule has 3 nitrogen and oxygen atoms in total. The van der Waals surface area contributed by atoms with Crippen molar-refractivity contribution in [1.29, 1.82) is 0 Å². The van der Waals surface area contributed by atoms with Gasteiger partial charge in [0.2, 0.25) is 0 Å². The van der Waals surface area contributed by atoms with Gasteiger partial charge in [0.25, 0.3) is 0 Å². The Morgan fingerprint density at radius 2 is 1.46 bits per heavy atom. The molecule has 0 atom stereocenters. The van der Waals surface area contributed by atoms with Crippen LogP contribution >= 0.6 is 34.8 Å². The van der Waals surface area contributed by atoms with Crippen LogP contribution in [0.1, 0.15) is 15.9 Å². The molecule has 0 fully saturated rings. The molecule has 0 heterocycles. The lowest BCUT2D eigenvalue weighted by atomic mass is 10.0. The molecule has 3 rings (SSSR count). The number of benzene rings is 3. The number of rotatable bonds is 5. The quantitative estimate of drug-likeness (QED) is 0.497. The highest BCUT2D eigenvalue weighted by molar-refractivity contribution is 6.35. The molecule has 3 aromatic rings. The van der Waals surface area contributed by atoms with Crippen molar-refractivity contribution in [2.24, 2.45) is 0 Å². The van der Waals surface area contributed by atoms with E-state index < -0.39 is 0 Å². The summed E-state index contributed by atoms with van der Waals surface area (Å²) in [5, 5.41) is 11.8. The Balaban J connectivity index is 1.96. The van der Waals surface area contributed by atoms with Crippen LogP contribution in [0.25, 0.3) is 11.1 Å². The maximum absolute atomic E-state index is 11.3. The second-order valence-corrected chi connectivity index (χ2v) is 6.91. The zero-order chi connectivity index (χ0) is 18.7. The molecule has 0 aliphatic rings. The Labute approximate surface area is 165 Å². The minimum atomic E-state index is -0.217. The van der Waals surface area contributed by atoms with E-state index in [2.05, 4.69) is 0 Å². The van der Waals surface area contributed by atoms with Crippen LogP contribution in [0.5, 0.6) is 11.5 Å². The molecule has 0 spiro atoms. The van der Waals surface area contributed by atoms with Crippen LogP contribution in [0, 0.1) is 0 Å². The molecule has 1 N–H and O–H groups in total. The lowest BCUT2D eigenvalue weighted by molar-refractivity contribution is 0.112. The normalized spacial score (nSPS) is 10.6. The molecule has 6 heteroatoms. The van der Waals surface area contributed by atoms with E-state index in [1.54, 1.807) is 42.5 Å². The number of carbonyl (C=O) groups is 1. The number of phenolic OH excluding ortho intramolecular Hbond substituents is 1. The Bertz CT molecular complexity index is 933. The van der Waals surface area contributed by atoms with E-state index in [-0.39, 0.29) is 23.7 Å². The topological polar surface area (TPSA) is 46.5 Å². The van der Waals surface area contributed by atoms with Crippen LogP contribution in [0.2, 0.25) is 15.1 Å². The Hall–Kier alpha value is -2.20. The number of aldehydes is 1. The molecule has 0 saturated heterocycles. The third-order valence-corrected chi connectivity index (χ3v) is 4.42. The first kappa shape index (κ1) is 18.6. The smallest absolute Gasteiger partial charge is 0.168 e. The second-order valence-electron chi connectivity index (χ2n) is 5.60. The maximum Gasteiger partial charge on any atom is 0.168 e. The van der Waals surface area contributed by atoms with Crippen molar-refractivity contribution in [3.8, 4) is 22.6 Å². The molecule has 0 radical (unpaired) electrons. The highest BCUT2D eigenvalue weighted by Crippen LogP contribution is 2.37.